The lowest BCUT2D eigenvalue weighted by molar-refractivity contribution is -0.139. The molecule has 1 unspecified atom stereocenters. The Morgan fingerprint density at radius 2 is 2.07 bits per heavy atom. The Balaban J connectivity index is 1.45. The van der Waals surface area contributed by atoms with Crippen LogP contribution in [0.15, 0.2) is 0 Å². The predicted octanol–water partition coefficient (Wildman–Crippen LogP) is 1.25. The average molecular weight is 393 g/mol. The van der Waals surface area contributed by atoms with Gasteiger partial charge in [0, 0.05) is 31.7 Å². The monoisotopic (exact) mass is 392 g/mol. The zero-order valence-electron chi connectivity index (χ0n) is 17.1. The van der Waals surface area contributed by atoms with Crippen LogP contribution in [0, 0.1) is 19.8 Å². The number of likely N-dealkylation sites (tertiary alicyclic amines) is 1. The fourth-order valence-corrected chi connectivity index (χ4v) is 4.32. The average Bonchev–Trinajstić information content (AvgIpc) is 2.93. The van der Waals surface area contributed by atoms with E-state index in [-0.39, 0.29) is 24.7 Å². The molecule has 9 heteroatoms. The first-order valence-electron chi connectivity index (χ1n) is 10.2. The Kier molecular flexibility index (Phi) is 6.53. The molecule has 1 aliphatic carbocycles. The molecule has 156 valence electrons. The quantitative estimate of drug-likeness (QED) is 0.724. The number of hydrogen-bond donors (Lipinski definition) is 2. The first-order chi connectivity index (χ1) is 13.4. The Morgan fingerprint density at radius 1 is 1.32 bits per heavy atom. The van der Waals surface area contributed by atoms with Crippen LogP contribution >= 0.6 is 0 Å². The number of aliphatic carboxylic acids is 1. The molecule has 0 aromatic carbocycles. The van der Waals surface area contributed by atoms with Gasteiger partial charge in [-0.15, -0.1) is 0 Å². The molecule has 2 aliphatic rings. The van der Waals surface area contributed by atoms with Crippen LogP contribution in [0.25, 0.3) is 0 Å². The van der Waals surface area contributed by atoms with Gasteiger partial charge < -0.3 is 15.3 Å². The number of rotatable bonds is 7. The van der Waals surface area contributed by atoms with Gasteiger partial charge in [-0.3, -0.25) is 9.69 Å². The van der Waals surface area contributed by atoms with E-state index in [1.807, 2.05) is 35.3 Å². The SMILES string of the molecule is CCN(CC(=O)O)C1CC(NC(=O)N2CCCC(Cn3nc(C)nc3C)C2)C1. The molecule has 2 N–H and O–H groups in total. The highest BCUT2D eigenvalue weighted by Crippen LogP contribution is 2.26. The summed E-state index contributed by atoms with van der Waals surface area (Å²) in [6.07, 6.45) is 3.73. The summed E-state index contributed by atoms with van der Waals surface area (Å²) in [6.45, 7) is 8.93. The molecule has 1 atom stereocenters. The van der Waals surface area contributed by atoms with Crippen molar-refractivity contribution in [3.05, 3.63) is 11.6 Å². The molecule has 0 radical (unpaired) electrons. The lowest BCUT2D eigenvalue weighted by Crippen LogP contribution is -2.57. The van der Waals surface area contributed by atoms with E-state index in [2.05, 4.69) is 15.4 Å². The number of carboxylic acids is 1. The third-order valence-electron chi connectivity index (χ3n) is 5.90. The molecule has 1 saturated heterocycles. The van der Waals surface area contributed by atoms with Gasteiger partial charge in [0.05, 0.1) is 6.54 Å². The first kappa shape index (κ1) is 20.6. The number of amides is 2. The summed E-state index contributed by atoms with van der Waals surface area (Å²) in [7, 11) is 0. The number of piperidine rings is 1. The number of hydrogen-bond acceptors (Lipinski definition) is 5. The molecule has 1 aromatic rings. The van der Waals surface area contributed by atoms with E-state index < -0.39 is 5.97 Å². The smallest absolute Gasteiger partial charge is 0.317 e. The molecule has 1 saturated carbocycles. The van der Waals surface area contributed by atoms with Gasteiger partial charge in [-0.05, 0) is 52.0 Å². The van der Waals surface area contributed by atoms with E-state index in [0.717, 1.165) is 57.0 Å². The Morgan fingerprint density at radius 3 is 2.68 bits per heavy atom. The zero-order chi connectivity index (χ0) is 20.3. The summed E-state index contributed by atoms with van der Waals surface area (Å²) in [5, 5.41) is 16.6. The fourth-order valence-electron chi connectivity index (χ4n) is 4.32. The minimum absolute atomic E-state index is 0.000857. The van der Waals surface area contributed by atoms with Gasteiger partial charge in [0.25, 0.3) is 0 Å². The van der Waals surface area contributed by atoms with Crippen LogP contribution in [0.1, 0.15) is 44.3 Å². The van der Waals surface area contributed by atoms with Crippen LogP contribution in [0.4, 0.5) is 4.79 Å². The number of urea groups is 1. The van der Waals surface area contributed by atoms with Gasteiger partial charge >= 0.3 is 12.0 Å². The lowest BCUT2D eigenvalue weighted by Gasteiger charge is -2.43. The van der Waals surface area contributed by atoms with Crippen molar-refractivity contribution in [3.63, 3.8) is 0 Å². The van der Waals surface area contributed by atoms with Crippen LogP contribution in [-0.2, 0) is 11.3 Å². The van der Waals surface area contributed by atoms with Crippen molar-refractivity contribution in [3.8, 4) is 0 Å². The Labute approximate surface area is 166 Å². The van der Waals surface area contributed by atoms with Crippen molar-refractivity contribution >= 4 is 12.0 Å². The van der Waals surface area contributed by atoms with Crippen molar-refractivity contribution in [2.75, 3.05) is 26.2 Å². The van der Waals surface area contributed by atoms with Gasteiger partial charge in [-0.1, -0.05) is 6.92 Å². The van der Waals surface area contributed by atoms with Gasteiger partial charge in [-0.2, -0.15) is 5.10 Å². The van der Waals surface area contributed by atoms with Crippen LogP contribution in [-0.4, -0.2) is 79.9 Å². The lowest BCUT2D eigenvalue weighted by atomic mass is 9.85. The second kappa shape index (κ2) is 8.89. The molecule has 0 bridgehead atoms. The number of aromatic nitrogens is 3. The number of likely N-dealkylation sites (N-methyl/N-ethyl adjacent to an activating group) is 1. The molecular formula is C19H32N6O3. The summed E-state index contributed by atoms with van der Waals surface area (Å²) >= 11 is 0. The first-order valence-corrected chi connectivity index (χ1v) is 10.2. The van der Waals surface area contributed by atoms with Gasteiger partial charge in [-0.25, -0.2) is 14.5 Å². The largest absolute Gasteiger partial charge is 0.480 e. The number of carbonyl (C=O) groups is 2. The minimum Gasteiger partial charge on any atom is -0.480 e. The maximum absolute atomic E-state index is 12.7. The number of carbonyl (C=O) groups excluding carboxylic acids is 1. The third-order valence-corrected chi connectivity index (χ3v) is 5.90. The summed E-state index contributed by atoms with van der Waals surface area (Å²) in [5.41, 5.74) is 0. The highest BCUT2D eigenvalue weighted by Gasteiger charge is 2.36. The zero-order valence-corrected chi connectivity index (χ0v) is 17.1. The molecule has 2 amide bonds. The maximum atomic E-state index is 12.7. The van der Waals surface area contributed by atoms with Crippen molar-refractivity contribution < 1.29 is 14.7 Å². The summed E-state index contributed by atoms with van der Waals surface area (Å²) < 4.78 is 1.94. The number of carboxylic acid groups (broad SMARTS) is 1. The molecule has 9 nitrogen and oxygen atoms in total. The molecule has 28 heavy (non-hydrogen) atoms. The summed E-state index contributed by atoms with van der Waals surface area (Å²) in [5.74, 6) is 1.29. The summed E-state index contributed by atoms with van der Waals surface area (Å²) in [6, 6.07) is 0.390. The van der Waals surface area contributed by atoms with Gasteiger partial charge in [0.1, 0.15) is 11.6 Å². The fraction of sp³-hybridized carbons (Fsp3) is 0.789. The van der Waals surface area contributed by atoms with Crippen molar-refractivity contribution in [1.82, 2.24) is 29.9 Å². The highest BCUT2D eigenvalue weighted by atomic mass is 16.4. The second-order valence-corrected chi connectivity index (χ2v) is 8.07. The topological polar surface area (TPSA) is 104 Å². The molecular weight excluding hydrogens is 360 g/mol. The third kappa shape index (κ3) is 5.01. The van der Waals surface area contributed by atoms with Crippen molar-refractivity contribution in [1.29, 1.82) is 0 Å². The van der Waals surface area contributed by atoms with Crippen molar-refractivity contribution in [2.45, 2.75) is 65.1 Å². The minimum atomic E-state index is -0.800. The molecule has 2 heterocycles. The van der Waals surface area contributed by atoms with Crippen molar-refractivity contribution in [2.24, 2.45) is 5.92 Å². The number of nitrogens with one attached hydrogen (secondary N) is 1. The standard InChI is InChI=1S/C19H32N6O3/c1-4-23(12-18(26)27)17-8-16(9-17)21-19(28)24-7-5-6-15(10-24)11-25-14(3)20-13(2)22-25/h15-17H,4-12H2,1-3H3,(H,21,28)(H,26,27). The van der Waals surface area contributed by atoms with E-state index in [1.165, 1.54) is 0 Å². The van der Waals surface area contributed by atoms with Gasteiger partial charge in [0.15, 0.2) is 0 Å². The Hall–Kier alpha value is -2.16. The van der Waals surface area contributed by atoms with Gasteiger partial charge in [0.2, 0.25) is 0 Å². The number of aryl methyl sites for hydroxylation is 2. The predicted molar refractivity (Wildman–Crippen MR) is 104 cm³/mol. The van der Waals surface area contributed by atoms with E-state index in [4.69, 9.17) is 5.11 Å². The molecule has 1 aromatic heterocycles. The molecule has 1 aliphatic heterocycles. The summed E-state index contributed by atoms with van der Waals surface area (Å²) in [4.78, 5) is 31.8. The maximum Gasteiger partial charge on any atom is 0.317 e. The van der Waals surface area contributed by atoms with Crippen LogP contribution < -0.4 is 5.32 Å². The Bertz CT molecular complexity index is 700. The molecule has 0 spiro atoms. The van der Waals surface area contributed by atoms with E-state index >= 15 is 0 Å². The van der Waals surface area contributed by atoms with E-state index in [9.17, 15) is 9.59 Å². The second-order valence-electron chi connectivity index (χ2n) is 8.07. The van der Waals surface area contributed by atoms with Crippen LogP contribution in [0.2, 0.25) is 0 Å². The molecule has 3 rings (SSSR count). The van der Waals surface area contributed by atoms with E-state index in [0.29, 0.717) is 12.5 Å². The van der Waals surface area contributed by atoms with Crippen LogP contribution in [0.3, 0.4) is 0 Å². The van der Waals surface area contributed by atoms with Crippen LogP contribution in [0.5, 0.6) is 0 Å². The highest BCUT2D eigenvalue weighted by molar-refractivity contribution is 5.74. The normalized spacial score (nSPS) is 24.9. The number of nitrogens with zero attached hydrogens (tertiary/aromatic N) is 5. The van der Waals surface area contributed by atoms with E-state index in [1.54, 1.807) is 0 Å². The molecule has 2 fully saturated rings.